The van der Waals surface area contributed by atoms with Crippen LogP contribution in [0.25, 0.3) is 0 Å². The summed E-state index contributed by atoms with van der Waals surface area (Å²) >= 11 is 0. The van der Waals surface area contributed by atoms with Gasteiger partial charge in [-0.3, -0.25) is 15.0 Å². The van der Waals surface area contributed by atoms with Gasteiger partial charge >= 0.3 is 11.8 Å². The average molecular weight is 421 g/mol. The van der Waals surface area contributed by atoms with E-state index in [1.165, 1.54) is 13.2 Å². The normalized spacial score (nSPS) is 18.9. The zero-order chi connectivity index (χ0) is 21.9. The number of hydrogen-bond donors (Lipinski definition) is 0. The van der Waals surface area contributed by atoms with Crippen LogP contribution >= 0.6 is 0 Å². The Kier molecular flexibility index (Phi) is 6.70. The molecule has 30 heavy (non-hydrogen) atoms. The van der Waals surface area contributed by atoms with Gasteiger partial charge in [0.2, 0.25) is 0 Å². The maximum absolute atomic E-state index is 12.2. The molecule has 0 aromatic heterocycles. The largest absolute Gasteiger partial charge is 0.490 e. The van der Waals surface area contributed by atoms with Crippen LogP contribution in [0, 0.1) is 10.1 Å². The van der Waals surface area contributed by atoms with Crippen LogP contribution in [0.15, 0.2) is 18.2 Å². The third-order valence-electron chi connectivity index (χ3n) is 5.67. The lowest BCUT2D eigenvalue weighted by Gasteiger charge is -2.43. The van der Waals surface area contributed by atoms with Crippen LogP contribution in [0.3, 0.4) is 0 Å². The van der Waals surface area contributed by atoms with Gasteiger partial charge < -0.3 is 19.3 Å². The highest BCUT2D eigenvalue weighted by atomic mass is 16.6. The number of anilines is 1. The lowest BCUT2D eigenvalue weighted by Crippen LogP contribution is -2.55. The first-order chi connectivity index (χ1) is 14.2. The van der Waals surface area contributed by atoms with Crippen LogP contribution < -0.4 is 9.64 Å². The van der Waals surface area contributed by atoms with Crippen LogP contribution in [0.1, 0.15) is 33.6 Å². The van der Waals surface area contributed by atoms with Gasteiger partial charge in [-0.05, 0) is 39.7 Å². The Bertz CT molecular complexity index is 763. The second kappa shape index (κ2) is 9.07. The van der Waals surface area contributed by atoms with Crippen LogP contribution in [-0.2, 0) is 4.74 Å². The third-order valence-corrected chi connectivity index (χ3v) is 5.67. The van der Waals surface area contributed by atoms with Gasteiger partial charge in [0.1, 0.15) is 5.60 Å². The van der Waals surface area contributed by atoms with Gasteiger partial charge in [-0.15, -0.1) is 0 Å². The number of piperazine rings is 1. The number of rotatable bonds is 4. The molecule has 9 heteroatoms. The Hall–Kier alpha value is -2.55. The van der Waals surface area contributed by atoms with E-state index in [4.69, 9.17) is 9.47 Å². The molecule has 1 aromatic carbocycles. The Labute approximate surface area is 177 Å². The molecule has 2 fully saturated rings. The van der Waals surface area contributed by atoms with Crippen molar-refractivity contribution in [2.45, 2.75) is 45.3 Å². The molecule has 0 N–H and O–H groups in total. The Balaban J connectivity index is 1.51. The summed E-state index contributed by atoms with van der Waals surface area (Å²) in [6.07, 6.45) is 1.81. The molecule has 2 aliphatic heterocycles. The number of carbonyl (C=O) groups is 1. The van der Waals surface area contributed by atoms with E-state index in [9.17, 15) is 14.9 Å². The molecule has 2 heterocycles. The maximum Gasteiger partial charge on any atom is 0.410 e. The van der Waals surface area contributed by atoms with Crippen LogP contribution in [-0.4, -0.2) is 78.8 Å². The number of nitro benzene ring substituents is 1. The minimum atomic E-state index is -0.471. The van der Waals surface area contributed by atoms with Gasteiger partial charge in [-0.1, -0.05) is 0 Å². The minimum absolute atomic E-state index is 0.0148. The average Bonchev–Trinajstić information content (AvgIpc) is 2.72. The first kappa shape index (κ1) is 22.1. The Morgan fingerprint density at radius 2 is 1.73 bits per heavy atom. The predicted octanol–water partition coefficient (Wildman–Crippen LogP) is 3.12. The second-order valence-electron chi connectivity index (χ2n) is 8.83. The van der Waals surface area contributed by atoms with Gasteiger partial charge in [-0.25, -0.2) is 4.79 Å². The highest BCUT2D eigenvalue weighted by molar-refractivity contribution is 5.68. The van der Waals surface area contributed by atoms with Gasteiger partial charge in [0.15, 0.2) is 5.75 Å². The highest BCUT2D eigenvalue weighted by Crippen LogP contribution is 2.33. The summed E-state index contributed by atoms with van der Waals surface area (Å²) in [5, 5.41) is 11.1. The zero-order valence-electron chi connectivity index (χ0n) is 18.3. The smallest absolute Gasteiger partial charge is 0.410 e. The SMILES string of the molecule is COc1cc(N2CCC(N3CCN(C(=O)OC(C)(C)C)CC3)CC2)ccc1[N+](=O)[O-]. The van der Waals surface area contributed by atoms with E-state index < -0.39 is 10.5 Å². The molecule has 1 amide bonds. The van der Waals surface area contributed by atoms with E-state index in [0.29, 0.717) is 19.1 Å². The van der Waals surface area contributed by atoms with Crippen molar-refractivity contribution in [3.05, 3.63) is 28.3 Å². The number of piperidine rings is 1. The third kappa shape index (κ3) is 5.33. The van der Waals surface area contributed by atoms with Gasteiger partial charge in [0, 0.05) is 63.1 Å². The fraction of sp³-hybridized carbons (Fsp3) is 0.667. The molecule has 0 radical (unpaired) electrons. The molecule has 166 valence electrons. The minimum Gasteiger partial charge on any atom is -0.490 e. The standard InChI is InChI=1S/C21H32N4O5/c1-21(2,3)30-20(26)24-13-11-23(12-14-24)16-7-9-22(10-8-16)17-5-6-18(25(27)28)19(15-17)29-4/h5-6,15-16H,7-14H2,1-4H3. The Morgan fingerprint density at radius 1 is 1.10 bits per heavy atom. The van der Waals surface area contributed by atoms with Crippen molar-refractivity contribution >= 4 is 17.5 Å². The quantitative estimate of drug-likeness (QED) is 0.546. The number of hydrogen-bond acceptors (Lipinski definition) is 7. The van der Waals surface area contributed by atoms with E-state index in [1.54, 1.807) is 17.0 Å². The van der Waals surface area contributed by atoms with E-state index in [1.807, 2.05) is 20.8 Å². The van der Waals surface area contributed by atoms with E-state index in [-0.39, 0.29) is 17.5 Å². The number of nitrogens with zero attached hydrogens (tertiary/aromatic N) is 4. The molecular weight excluding hydrogens is 388 g/mol. The van der Waals surface area contributed by atoms with Gasteiger partial charge in [0.25, 0.3) is 0 Å². The van der Waals surface area contributed by atoms with Crippen molar-refractivity contribution in [3.8, 4) is 5.75 Å². The molecule has 3 rings (SSSR count). The summed E-state index contributed by atoms with van der Waals surface area (Å²) in [6.45, 7) is 10.5. The number of carbonyl (C=O) groups excluding carboxylic acids is 1. The second-order valence-corrected chi connectivity index (χ2v) is 8.83. The summed E-state index contributed by atoms with van der Waals surface area (Å²) in [7, 11) is 1.45. The first-order valence-electron chi connectivity index (χ1n) is 10.5. The number of amides is 1. The summed E-state index contributed by atoms with van der Waals surface area (Å²) in [4.78, 5) is 29.4. The van der Waals surface area contributed by atoms with E-state index in [0.717, 1.165) is 44.7 Å². The molecule has 2 aliphatic rings. The fourth-order valence-electron chi connectivity index (χ4n) is 4.10. The van der Waals surface area contributed by atoms with Crippen molar-refractivity contribution < 1.29 is 19.2 Å². The maximum atomic E-state index is 12.2. The van der Waals surface area contributed by atoms with Crippen molar-refractivity contribution in [3.63, 3.8) is 0 Å². The molecule has 0 aliphatic carbocycles. The molecule has 0 unspecified atom stereocenters. The monoisotopic (exact) mass is 420 g/mol. The molecule has 0 saturated carbocycles. The molecule has 0 bridgehead atoms. The summed E-state index contributed by atoms with van der Waals surface area (Å²) in [5.74, 6) is 0.290. The molecule has 9 nitrogen and oxygen atoms in total. The molecule has 0 atom stereocenters. The van der Waals surface area contributed by atoms with Crippen LogP contribution in [0.2, 0.25) is 0 Å². The van der Waals surface area contributed by atoms with E-state index >= 15 is 0 Å². The van der Waals surface area contributed by atoms with Gasteiger partial charge in [-0.2, -0.15) is 0 Å². The summed E-state index contributed by atoms with van der Waals surface area (Å²) in [5.41, 5.74) is 0.464. The zero-order valence-corrected chi connectivity index (χ0v) is 18.3. The van der Waals surface area contributed by atoms with E-state index in [2.05, 4.69) is 9.80 Å². The number of methoxy groups -OCH3 is 1. The topological polar surface area (TPSA) is 88.4 Å². The lowest BCUT2D eigenvalue weighted by molar-refractivity contribution is -0.385. The van der Waals surface area contributed by atoms with Crippen molar-refractivity contribution in [2.75, 3.05) is 51.3 Å². The Morgan fingerprint density at radius 3 is 2.27 bits per heavy atom. The number of ether oxygens (including phenoxy) is 2. The molecule has 1 aromatic rings. The summed E-state index contributed by atoms with van der Waals surface area (Å²) in [6, 6.07) is 5.54. The highest BCUT2D eigenvalue weighted by Gasteiger charge is 2.31. The van der Waals surface area contributed by atoms with Crippen molar-refractivity contribution in [1.29, 1.82) is 0 Å². The predicted molar refractivity (Wildman–Crippen MR) is 114 cm³/mol. The van der Waals surface area contributed by atoms with Crippen LogP contribution in [0.4, 0.5) is 16.2 Å². The first-order valence-corrected chi connectivity index (χ1v) is 10.5. The molecule has 0 spiro atoms. The number of benzene rings is 1. The lowest BCUT2D eigenvalue weighted by atomic mass is 10.0. The summed E-state index contributed by atoms with van der Waals surface area (Å²) < 4.78 is 10.7. The number of nitro groups is 1. The van der Waals surface area contributed by atoms with Gasteiger partial charge in [0.05, 0.1) is 12.0 Å². The fourth-order valence-corrected chi connectivity index (χ4v) is 4.10. The molecule has 2 saturated heterocycles. The van der Waals surface area contributed by atoms with Crippen molar-refractivity contribution in [2.24, 2.45) is 0 Å². The van der Waals surface area contributed by atoms with Crippen LogP contribution in [0.5, 0.6) is 5.75 Å². The molecular formula is C21H32N4O5. The van der Waals surface area contributed by atoms with Crippen molar-refractivity contribution in [1.82, 2.24) is 9.80 Å².